The molecule has 0 fully saturated rings. The van der Waals surface area contributed by atoms with E-state index in [-0.39, 0.29) is 17.0 Å². The first-order chi connectivity index (χ1) is 8.56. The van der Waals surface area contributed by atoms with Crippen molar-refractivity contribution in [1.29, 1.82) is 0 Å². The van der Waals surface area contributed by atoms with Crippen molar-refractivity contribution in [3.05, 3.63) is 50.2 Å². The van der Waals surface area contributed by atoms with Gasteiger partial charge in [-0.25, -0.2) is 14.3 Å². The Morgan fingerprint density at radius 2 is 2.28 bits per heavy atom. The smallest absolute Gasteiger partial charge is 0.284 e. The summed E-state index contributed by atoms with van der Waals surface area (Å²) in [6.07, 6.45) is 0. The number of halogens is 1. The van der Waals surface area contributed by atoms with Crippen molar-refractivity contribution in [2.24, 2.45) is 0 Å². The van der Waals surface area contributed by atoms with Crippen LogP contribution in [-0.2, 0) is 5.75 Å². The van der Waals surface area contributed by atoms with Crippen LogP contribution < -0.4 is 5.69 Å². The molecule has 1 aromatic heterocycles. The predicted molar refractivity (Wildman–Crippen MR) is 61.8 cm³/mol. The molecule has 0 aliphatic carbocycles. The van der Waals surface area contributed by atoms with E-state index in [9.17, 15) is 19.3 Å². The van der Waals surface area contributed by atoms with Gasteiger partial charge in [-0.3, -0.25) is 15.1 Å². The Labute approximate surface area is 104 Å². The number of nitro groups is 1. The SMILES string of the molecule is O=c1[nH]nc(SCc2cc(F)ccc2[N+](=O)[O-])[nH]1. The zero-order valence-electron chi connectivity index (χ0n) is 8.84. The second kappa shape index (κ2) is 5.00. The summed E-state index contributed by atoms with van der Waals surface area (Å²) in [4.78, 5) is 23.3. The average molecular weight is 270 g/mol. The van der Waals surface area contributed by atoms with Crippen LogP contribution in [-0.4, -0.2) is 20.1 Å². The number of hydrogen-bond acceptors (Lipinski definition) is 5. The highest BCUT2D eigenvalue weighted by Crippen LogP contribution is 2.26. The summed E-state index contributed by atoms with van der Waals surface area (Å²) >= 11 is 1.07. The molecule has 9 heteroatoms. The van der Waals surface area contributed by atoms with Crippen molar-refractivity contribution in [3.63, 3.8) is 0 Å². The maximum absolute atomic E-state index is 13.0. The van der Waals surface area contributed by atoms with Crippen LogP contribution in [0.25, 0.3) is 0 Å². The van der Waals surface area contributed by atoms with Crippen molar-refractivity contribution in [2.45, 2.75) is 10.9 Å². The van der Waals surface area contributed by atoms with Gasteiger partial charge < -0.3 is 0 Å². The molecule has 2 N–H and O–H groups in total. The Bertz CT molecular complexity index is 639. The molecule has 0 radical (unpaired) electrons. The average Bonchev–Trinajstić information content (AvgIpc) is 2.72. The molecule has 2 aromatic rings. The van der Waals surface area contributed by atoms with Crippen LogP contribution in [0.5, 0.6) is 0 Å². The van der Waals surface area contributed by atoms with Crippen LogP contribution in [0.15, 0.2) is 28.2 Å². The molecule has 0 atom stereocenters. The summed E-state index contributed by atoms with van der Waals surface area (Å²) in [6.45, 7) is 0. The van der Waals surface area contributed by atoms with Crippen molar-refractivity contribution < 1.29 is 9.31 Å². The van der Waals surface area contributed by atoms with E-state index < -0.39 is 16.4 Å². The number of nitrogens with one attached hydrogen (secondary N) is 2. The molecule has 2 rings (SSSR count). The van der Waals surface area contributed by atoms with Gasteiger partial charge in [-0.05, 0) is 12.1 Å². The van der Waals surface area contributed by atoms with Gasteiger partial charge >= 0.3 is 5.69 Å². The van der Waals surface area contributed by atoms with E-state index in [1.807, 2.05) is 0 Å². The number of rotatable bonds is 4. The van der Waals surface area contributed by atoms with E-state index in [0.29, 0.717) is 5.16 Å². The lowest BCUT2D eigenvalue weighted by atomic mass is 10.2. The fraction of sp³-hybridized carbons (Fsp3) is 0.111. The number of aromatic amines is 2. The van der Waals surface area contributed by atoms with Crippen LogP contribution in [0.2, 0.25) is 0 Å². The maximum Gasteiger partial charge on any atom is 0.341 e. The van der Waals surface area contributed by atoms with Crippen LogP contribution in [0, 0.1) is 15.9 Å². The third-order valence-electron chi connectivity index (χ3n) is 2.08. The molecule has 0 amide bonds. The normalized spacial score (nSPS) is 10.5. The molecule has 7 nitrogen and oxygen atoms in total. The third-order valence-corrected chi connectivity index (χ3v) is 3.00. The quantitative estimate of drug-likeness (QED) is 0.497. The minimum absolute atomic E-state index is 0.134. The molecule has 0 unspecified atom stereocenters. The number of H-pyrrole nitrogens is 2. The van der Waals surface area contributed by atoms with Crippen molar-refractivity contribution >= 4 is 17.4 Å². The highest BCUT2D eigenvalue weighted by atomic mass is 32.2. The topological polar surface area (TPSA) is 105 Å². The molecule has 1 aromatic carbocycles. The number of aromatic nitrogens is 3. The Balaban J connectivity index is 2.20. The van der Waals surface area contributed by atoms with Gasteiger partial charge in [0.2, 0.25) is 0 Å². The van der Waals surface area contributed by atoms with Gasteiger partial charge in [0.05, 0.1) is 4.92 Å². The lowest BCUT2D eigenvalue weighted by Crippen LogP contribution is -2.00. The minimum atomic E-state index is -0.581. The van der Waals surface area contributed by atoms with E-state index in [4.69, 9.17) is 0 Å². The summed E-state index contributed by atoms with van der Waals surface area (Å²) in [6, 6.07) is 3.23. The van der Waals surface area contributed by atoms with Crippen LogP contribution in [0.4, 0.5) is 10.1 Å². The number of thioether (sulfide) groups is 1. The first-order valence-corrected chi connectivity index (χ1v) is 5.75. The molecule has 1 heterocycles. The summed E-state index contributed by atoms with van der Waals surface area (Å²) < 4.78 is 13.0. The third kappa shape index (κ3) is 2.74. The van der Waals surface area contributed by atoms with Crippen LogP contribution in [0.3, 0.4) is 0 Å². The zero-order valence-corrected chi connectivity index (χ0v) is 9.66. The Kier molecular flexibility index (Phi) is 3.42. The van der Waals surface area contributed by atoms with Gasteiger partial charge in [0, 0.05) is 17.4 Å². The van der Waals surface area contributed by atoms with Gasteiger partial charge in [-0.15, -0.1) is 5.10 Å². The van der Waals surface area contributed by atoms with Crippen molar-refractivity contribution in [2.75, 3.05) is 0 Å². The summed E-state index contributed by atoms with van der Waals surface area (Å²) in [5.74, 6) is -0.416. The first-order valence-electron chi connectivity index (χ1n) is 4.76. The lowest BCUT2D eigenvalue weighted by Gasteiger charge is -2.01. The highest BCUT2D eigenvalue weighted by molar-refractivity contribution is 7.98. The van der Waals surface area contributed by atoms with E-state index in [2.05, 4.69) is 15.2 Å². The molecule has 0 aliphatic heterocycles. The molecular formula is C9H7FN4O3S. The van der Waals surface area contributed by atoms with Gasteiger partial charge in [-0.1, -0.05) is 11.8 Å². The van der Waals surface area contributed by atoms with Gasteiger partial charge in [0.15, 0.2) is 5.16 Å². The van der Waals surface area contributed by atoms with Crippen LogP contribution >= 0.6 is 11.8 Å². The zero-order chi connectivity index (χ0) is 13.1. The van der Waals surface area contributed by atoms with E-state index >= 15 is 0 Å². The maximum atomic E-state index is 13.0. The molecule has 18 heavy (non-hydrogen) atoms. The fourth-order valence-corrected chi connectivity index (χ4v) is 2.12. The van der Waals surface area contributed by atoms with Crippen molar-refractivity contribution in [3.8, 4) is 0 Å². The Hall–Kier alpha value is -2.16. The van der Waals surface area contributed by atoms with E-state index in [0.717, 1.165) is 30.0 Å². The molecule has 0 spiro atoms. The molecule has 0 bridgehead atoms. The minimum Gasteiger partial charge on any atom is -0.284 e. The monoisotopic (exact) mass is 270 g/mol. The number of nitrogens with zero attached hydrogens (tertiary/aromatic N) is 2. The largest absolute Gasteiger partial charge is 0.341 e. The summed E-state index contributed by atoms with van der Waals surface area (Å²) in [5.41, 5.74) is -0.401. The molecular weight excluding hydrogens is 263 g/mol. The number of nitro benzene ring substituents is 1. The summed E-state index contributed by atoms with van der Waals surface area (Å²) in [7, 11) is 0. The second-order valence-electron chi connectivity index (χ2n) is 3.30. The standard InChI is InChI=1S/C9H7FN4O3S/c10-6-1-2-7(14(16)17)5(3-6)4-18-9-11-8(15)12-13-9/h1-3H,4H2,(H2,11,12,13,15). The molecule has 94 valence electrons. The predicted octanol–water partition coefficient (Wildman–Crippen LogP) is 1.44. The summed E-state index contributed by atoms with van der Waals surface area (Å²) in [5, 5.41) is 16.8. The van der Waals surface area contributed by atoms with Gasteiger partial charge in [-0.2, -0.15) is 0 Å². The van der Waals surface area contributed by atoms with Gasteiger partial charge in [0.1, 0.15) is 5.82 Å². The van der Waals surface area contributed by atoms with Crippen LogP contribution in [0.1, 0.15) is 5.56 Å². The number of benzene rings is 1. The molecule has 0 aliphatic rings. The fourth-order valence-electron chi connectivity index (χ4n) is 1.32. The van der Waals surface area contributed by atoms with Gasteiger partial charge in [0.25, 0.3) is 5.69 Å². The molecule has 0 saturated carbocycles. The van der Waals surface area contributed by atoms with E-state index in [1.54, 1.807) is 0 Å². The van der Waals surface area contributed by atoms with Crippen molar-refractivity contribution in [1.82, 2.24) is 15.2 Å². The molecule has 0 saturated heterocycles. The Morgan fingerprint density at radius 1 is 1.50 bits per heavy atom. The second-order valence-corrected chi connectivity index (χ2v) is 4.27. The number of hydrogen-bond donors (Lipinski definition) is 2. The first kappa shape index (κ1) is 12.3. The lowest BCUT2D eigenvalue weighted by molar-refractivity contribution is -0.385. The highest BCUT2D eigenvalue weighted by Gasteiger charge is 2.15. The Morgan fingerprint density at radius 3 is 2.89 bits per heavy atom. The van der Waals surface area contributed by atoms with E-state index in [1.165, 1.54) is 0 Å².